The number of hydrogen-bond donors (Lipinski definition) is 5. The smallest absolute Gasteiger partial charge is 0.255 e. The second kappa shape index (κ2) is 11.6. The molecule has 0 amide bonds. The number of aromatic nitrogens is 2. The zero-order chi connectivity index (χ0) is 20.4. The molecule has 152 valence electrons. The maximum Gasteiger partial charge on any atom is 0.255 e. The molecule has 2 aromatic rings. The first kappa shape index (κ1) is 22.2. The average Bonchev–Trinajstić information content (AvgIpc) is 2.68. The first-order valence-electron chi connectivity index (χ1n) is 8.39. The number of anilines is 2. The molecule has 0 aliphatic heterocycles. The Morgan fingerprint density at radius 3 is 2.86 bits per heavy atom. The lowest BCUT2D eigenvalue weighted by Gasteiger charge is -2.13. The van der Waals surface area contributed by atoms with Crippen LogP contribution in [0, 0.1) is 0 Å². The molecule has 0 radical (unpaired) electrons. The van der Waals surface area contributed by atoms with Gasteiger partial charge in [-0.3, -0.25) is 4.72 Å². The summed E-state index contributed by atoms with van der Waals surface area (Å²) >= 11 is 7.70. The summed E-state index contributed by atoms with van der Waals surface area (Å²) in [6, 6.07) is 7.93. The summed E-state index contributed by atoms with van der Waals surface area (Å²) in [5, 5.41) is 8.93. The van der Waals surface area contributed by atoms with Crippen LogP contribution in [0.1, 0.15) is 5.56 Å². The van der Waals surface area contributed by atoms with E-state index in [-0.39, 0.29) is 12.5 Å². The van der Waals surface area contributed by atoms with Gasteiger partial charge in [-0.1, -0.05) is 29.8 Å². The SMILES string of the molecule is CNSc1ccccc1CNc1nc(N/C(=C/NCC(F)F)CN)ncc1Cl. The highest BCUT2D eigenvalue weighted by atomic mass is 35.5. The summed E-state index contributed by atoms with van der Waals surface area (Å²) < 4.78 is 27.5. The van der Waals surface area contributed by atoms with Crippen LogP contribution in [0.3, 0.4) is 0 Å². The van der Waals surface area contributed by atoms with Crippen LogP contribution < -0.4 is 26.4 Å². The average molecular weight is 430 g/mol. The number of nitrogens with one attached hydrogen (secondary N) is 4. The third kappa shape index (κ3) is 7.12. The van der Waals surface area contributed by atoms with Gasteiger partial charge in [0.05, 0.1) is 12.7 Å². The van der Waals surface area contributed by atoms with Gasteiger partial charge in [-0.25, -0.2) is 13.8 Å². The number of nitrogens with two attached hydrogens (primary N) is 1. The molecule has 0 saturated carbocycles. The zero-order valence-electron chi connectivity index (χ0n) is 15.2. The molecule has 1 aromatic carbocycles. The van der Waals surface area contributed by atoms with Gasteiger partial charge in [0, 0.05) is 29.9 Å². The Hall–Kier alpha value is -2.14. The molecule has 0 saturated heterocycles. The first-order valence-corrected chi connectivity index (χ1v) is 9.58. The summed E-state index contributed by atoms with van der Waals surface area (Å²) in [5.41, 5.74) is 7.16. The predicted octanol–water partition coefficient (Wildman–Crippen LogP) is 3.04. The summed E-state index contributed by atoms with van der Waals surface area (Å²) in [6.07, 6.45) is 0.373. The third-order valence-electron chi connectivity index (χ3n) is 3.42. The van der Waals surface area contributed by atoms with Crippen molar-refractivity contribution in [2.75, 3.05) is 30.8 Å². The van der Waals surface area contributed by atoms with Crippen LogP contribution in [0.4, 0.5) is 20.5 Å². The normalized spacial score (nSPS) is 11.6. The Labute approximate surface area is 171 Å². The van der Waals surface area contributed by atoms with Crippen molar-refractivity contribution in [1.82, 2.24) is 20.0 Å². The Kier molecular flexibility index (Phi) is 9.21. The highest BCUT2D eigenvalue weighted by Gasteiger charge is 2.08. The van der Waals surface area contributed by atoms with Crippen molar-refractivity contribution in [3.63, 3.8) is 0 Å². The van der Waals surface area contributed by atoms with Gasteiger partial charge < -0.3 is 21.7 Å². The van der Waals surface area contributed by atoms with Crippen LogP contribution in [0.5, 0.6) is 0 Å². The van der Waals surface area contributed by atoms with E-state index >= 15 is 0 Å². The molecule has 0 bridgehead atoms. The van der Waals surface area contributed by atoms with Crippen LogP contribution in [-0.2, 0) is 6.54 Å². The monoisotopic (exact) mass is 429 g/mol. The van der Waals surface area contributed by atoms with Gasteiger partial charge in [0.15, 0.2) is 5.82 Å². The minimum absolute atomic E-state index is 0.0968. The molecule has 1 aromatic heterocycles. The molecule has 6 N–H and O–H groups in total. The lowest BCUT2D eigenvalue weighted by molar-refractivity contribution is 0.150. The van der Waals surface area contributed by atoms with E-state index in [1.807, 2.05) is 31.3 Å². The molecule has 2 rings (SSSR count). The van der Waals surface area contributed by atoms with E-state index in [2.05, 4.69) is 30.6 Å². The van der Waals surface area contributed by atoms with Crippen molar-refractivity contribution in [2.45, 2.75) is 17.9 Å². The molecule has 0 unspecified atom stereocenters. The van der Waals surface area contributed by atoms with E-state index in [1.165, 1.54) is 24.3 Å². The largest absolute Gasteiger partial charge is 0.384 e. The van der Waals surface area contributed by atoms with Crippen molar-refractivity contribution >= 4 is 35.3 Å². The predicted molar refractivity (Wildman–Crippen MR) is 110 cm³/mol. The molecule has 0 aliphatic carbocycles. The van der Waals surface area contributed by atoms with Crippen LogP contribution >= 0.6 is 23.5 Å². The Morgan fingerprint density at radius 2 is 2.14 bits per heavy atom. The zero-order valence-corrected chi connectivity index (χ0v) is 16.7. The van der Waals surface area contributed by atoms with Gasteiger partial charge in [-0.05, 0) is 30.6 Å². The third-order valence-corrected chi connectivity index (χ3v) is 4.51. The van der Waals surface area contributed by atoms with E-state index in [4.69, 9.17) is 17.3 Å². The summed E-state index contributed by atoms with van der Waals surface area (Å²) in [4.78, 5) is 9.51. The molecule has 0 aliphatic rings. The van der Waals surface area contributed by atoms with Gasteiger partial charge in [0.2, 0.25) is 5.95 Å². The molecule has 0 fully saturated rings. The van der Waals surface area contributed by atoms with Crippen LogP contribution in [0.2, 0.25) is 5.02 Å². The van der Waals surface area contributed by atoms with Crippen LogP contribution in [0.25, 0.3) is 0 Å². The minimum Gasteiger partial charge on any atom is -0.384 e. The number of alkyl halides is 2. The quantitative estimate of drug-likeness (QED) is 0.347. The number of benzene rings is 1. The summed E-state index contributed by atoms with van der Waals surface area (Å²) in [5.74, 6) is 0.695. The van der Waals surface area contributed by atoms with Gasteiger partial charge >= 0.3 is 0 Å². The van der Waals surface area contributed by atoms with E-state index in [0.29, 0.717) is 23.1 Å². The standard InChI is InChI=1S/C17H22ClF2N7S/c1-22-28-14-5-3-2-4-11(14)7-24-16-13(18)9-25-17(27-16)26-12(6-21)8-23-10-15(19)20/h2-5,8-9,15,22-23H,6-7,10,21H2,1H3,(H2,24,25,26,27)/b12-8+. The Balaban J connectivity index is 2.06. The summed E-state index contributed by atoms with van der Waals surface area (Å²) in [6.45, 7) is 0.139. The molecule has 1 heterocycles. The van der Waals surface area contributed by atoms with Gasteiger partial charge in [-0.2, -0.15) is 4.98 Å². The van der Waals surface area contributed by atoms with Crippen molar-refractivity contribution in [3.05, 3.63) is 52.9 Å². The minimum atomic E-state index is -2.46. The maximum atomic E-state index is 12.2. The Bertz CT molecular complexity index is 792. The van der Waals surface area contributed by atoms with Crippen LogP contribution in [-0.4, -0.2) is 36.5 Å². The first-order chi connectivity index (χ1) is 13.5. The van der Waals surface area contributed by atoms with E-state index in [0.717, 1.165) is 10.5 Å². The highest BCUT2D eigenvalue weighted by Crippen LogP contribution is 2.23. The summed E-state index contributed by atoms with van der Waals surface area (Å²) in [7, 11) is 1.85. The maximum absolute atomic E-state index is 12.2. The number of hydrogen-bond acceptors (Lipinski definition) is 8. The second-order valence-corrected chi connectivity index (χ2v) is 6.92. The van der Waals surface area contributed by atoms with Crippen molar-refractivity contribution < 1.29 is 8.78 Å². The molecule has 0 atom stereocenters. The van der Waals surface area contributed by atoms with E-state index in [9.17, 15) is 8.78 Å². The van der Waals surface area contributed by atoms with E-state index in [1.54, 1.807) is 0 Å². The fraction of sp³-hybridized carbons (Fsp3) is 0.294. The van der Waals surface area contributed by atoms with Gasteiger partial charge in [0.25, 0.3) is 6.43 Å². The molecule has 11 heteroatoms. The Morgan fingerprint density at radius 1 is 1.36 bits per heavy atom. The lowest BCUT2D eigenvalue weighted by Crippen LogP contribution is -2.21. The number of halogens is 3. The van der Waals surface area contributed by atoms with Crippen molar-refractivity contribution in [1.29, 1.82) is 0 Å². The van der Waals surface area contributed by atoms with Crippen molar-refractivity contribution in [2.24, 2.45) is 5.73 Å². The number of rotatable bonds is 11. The van der Waals surface area contributed by atoms with Crippen LogP contribution in [0.15, 0.2) is 47.3 Å². The van der Waals surface area contributed by atoms with Crippen molar-refractivity contribution in [3.8, 4) is 0 Å². The fourth-order valence-electron chi connectivity index (χ4n) is 2.15. The number of nitrogens with zero attached hydrogens (tertiary/aromatic N) is 2. The topological polar surface area (TPSA) is 99.9 Å². The van der Waals surface area contributed by atoms with E-state index < -0.39 is 13.0 Å². The van der Waals surface area contributed by atoms with Gasteiger partial charge in [0.1, 0.15) is 5.02 Å². The molecule has 0 spiro atoms. The second-order valence-electron chi connectivity index (χ2n) is 5.46. The molecule has 28 heavy (non-hydrogen) atoms. The molecular weight excluding hydrogens is 408 g/mol. The fourth-order valence-corrected chi connectivity index (χ4v) is 2.95. The highest BCUT2D eigenvalue weighted by molar-refractivity contribution is 7.97. The van der Waals surface area contributed by atoms with Gasteiger partial charge in [-0.15, -0.1) is 0 Å². The lowest BCUT2D eigenvalue weighted by atomic mass is 10.2. The molecular formula is C17H22ClF2N7S. The molecule has 7 nitrogen and oxygen atoms in total.